The maximum Gasteiger partial charge on any atom is 0.254 e. The Morgan fingerprint density at radius 2 is 2.20 bits per heavy atom. The number of aromatic nitrogens is 1. The summed E-state index contributed by atoms with van der Waals surface area (Å²) in [5.74, 6) is 0.794. The van der Waals surface area contributed by atoms with E-state index >= 15 is 0 Å². The largest absolute Gasteiger partial charge is 0.444 e. The topological polar surface area (TPSA) is 58.4 Å². The van der Waals surface area contributed by atoms with Gasteiger partial charge in [0.25, 0.3) is 5.91 Å². The van der Waals surface area contributed by atoms with Gasteiger partial charge in [-0.15, -0.1) is 0 Å². The summed E-state index contributed by atoms with van der Waals surface area (Å²) in [6, 6.07) is 7.69. The number of hydrogen-bond donors (Lipinski definition) is 1. The Hall–Kier alpha value is -2.14. The Bertz CT molecular complexity index is 578. The molecule has 1 aromatic carbocycles. The van der Waals surface area contributed by atoms with Crippen LogP contribution in [0.2, 0.25) is 0 Å². The van der Waals surface area contributed by atoms with Crippen LogP contribution in [0.15, 0.2) is 41.3 Å². The van der Waals surface area contributed by atoms with Crippen molar-refractivity contribution < 1.29 is 9.21 Å². The molecule has 0 radical (unpaired) electrons. The van der Waals surface area contributed by atoms with Crippen molar-refractivity contribution >= 4 is 5.91 Å². The molecule has 5 heteroatoms. The first-order chi connectivity index (χ1) is 9.75. The van der Waals surface area contributed by atoms with Crippen molar-refractivity contribution in [3.8, 4) is 11.3 Å². The molecule has 1 N–H and O–H groups in total. The Morgan fingerprint density at radius 1 is 1.40 bits per heavy atom. The molecule has 1 saturated heterocycles. The minimum Gasteiger partial charge on any atom is -0.444 e. The average Bonchev–Trinajstić information content (AvgIpc) is 3.01. The van der Waals surface area contributed by atoms with Crippen molar-refractivity contribution in [3.63, 3.8) is 0 Å². The van der Waals surface area contributed by atoms with Gasteiger partial charge in [-0.25, -0.2) is 4.98 Å². The molecule has 1 aliphatic heterocycles. The van der Waals surface area contributed by atoms with Crippen molar-refractivity contribution in [2.24, 2.45) is 0 Å². The Labute approximate surface area is 117 Å². The number of nitrogens with zero attached hydrogens (tertiary/aromatic N) is 2. The zero-order valence-corrected chi connectivity index (χ0v) is 11.4. The predicted octanol–water partition coefficient (Wildman–Crippen LogP) is 1.78. The first kappa shape index (κ1) is 12.9. The number of benzene rings is 1. The third-order valence-corrected chi connectivity index (χ3v) is 3.61. The summed E-state index contributed by atoms with van der Waals surface area (Å²) in [6.45, 7) is 4.52. The Kier molecular flexibility index (Phi) is 3.52. The summed E-state index contributed by atoms with van der Waals surface area (Å²) in [6.07, 6.45) is 3.06. The van der Waals surface area contributed by atoms with E-state index in [1.54, 1.807) is 6.20 Å². The number of rotatable bonds is 2. The van der Waals surface area contributed by atoms with Crippen LogP contribution < -0.4 is 5.32 Å². The lowest BCUT2D eigenvalue weighted by molar-refractivity contribution is 0.0656. The van der Waals surface area contributed by atoms with Crippen molar-refractivity contribution in [2.45, 2.75) is 13.0 Å². The van der Waals surface area contributed by atoms with E-state index in [9.17, 15) is 4.79 Å². The van der Waals surface area contributed by atoms with Crippen LogP contribution >= 0.6 is 0 Å². The molecule has 3 rings (SSSR count). The quantitative estimate of drug-likeness (QED) is 0.904. The summed E-state index contributed by atoms with van der Waals surface area (Å²) < 4.78 is 5.24. The second kappa shape index (κ2) is 5.46. The number of hydrogen-bond acceptors (Lipinski definition) is 4. The minimum atomic E-state index is 0.0862. The van der Waals surface area contributed by atoms with Crippen molar-refractivity contribution in [3.05, 3.63) is 42.4 Å². The van der Waals surface area contributed by atoms with Crippen molar-refractivity contribution in [1.82, 2.24) is 15.2 Å². The summed E-state index contributed by atoms with van der Waals surface area (Å²) in [5, 5.41) is 3.29. The highest BCUT2D eigenvalue weighted by Crippen LogP contribution is 2.20. The first-order valence-corrected chi connectivity index (χ1v) is 6.76. The summed E-state index contributed by atoms with van der Waals surface area (Å²) in [7, 11) is 0. The molecule has 1 fully saturated rings. The third-order valence-electron chi connectivity index (χ3n) is 3.61. The maximum absolute atomic E-state index is 12.5. The van der Waals surface area contributed by atoms with E-state index in [1.165, 1.54) is 6.39 Å². The molecule has 1 amide bonds. The van der Waals surface area contributed by atoms with Crippen LogP contribution in [0.5, 0.6) is 0 Å². The highest BCUT2D eigenvalue weighted by Gasteiger charge is 2.23. The molecule has 5 nitrogen and oxygen atoms in total. The van der Waals surface area contributed by atoms with Gasteiger partial charge >= 0.3 is 0 Å². The van der Waals surface area contributed by atoms with E-state index in [4.69, 9.17) is 4.42 Å². The smallest absolute Gasteiger partial charge is 0.254 e. The molecule has 0 spiro atoms. The van der Waals surface area contributed by atoms with Gasteiger partial charge in [-0.3, -0.25) is 4.79 Å². The molecule has 1 aromatic heterocycles. The van der Waals surface area contributed by atoms with E-state index in [0.29, 0.717) is 11.3 Å². The SMILES string of the molecule is C[C@@H]1CNCCN1C(=O)c1ccc(-c2cnco2)cc1. The molecular formula is C15H17N3O2. The molecule has 20 heavy (non-hydrogen) atoms. The summed E-state index contributed by atoms with van der Waals surface area (Å²) >= 11 is 0. The van der Waals surface area contributed by atoms with E-state index in [2.05, 4.69) is 17.2 Å². The van der Waals surface area contributed by atoms with Gasteiger partial charge in [0.2, 0.25) is 0 Å². The number of amides is 1. The summed E-state index contributed by atoms with van der Waals surface area (Å²) in [5.41, 5.74) is 1.63. The van der Waals surface area contributed by atoms with Crippen LogP contribution in [0.25, 0.3) is 11.3 Å². The van der Waals surface area contributed by atoms with Gasteiger partial charge in [-0.2, -0.15) is 0 Å². The molecule has 1 atom stereocenters. The molecule has 0 aliphatic carbocycles. The van der Waals surface area contributed by atoms with Crippen LogP contribution in [0.4, 0.5) is 0 Å². The normalized spacial score (nSPS) is 19.1. The minimum absolute atomic E-state index is 0.0862. The number of oxazole rings is 1. The first-order valence-electron chi connectivity index (χ1n) is 6.76. The molecule has 104 valence electrons. The standard InChI is InChI=1S/C15H17N3O2/c1-11-8-16-6-7-18(11)15(19)13-4-2-12(3-5-13)14-9-17-10-20-14/h2-5,9-11,16H,6-8H2,1H3/t11-/m1/s1. The van der Waals surface area contributed by atoms with Gasteiger partial charge in [-0.1, -0.05) is 12.1 Å². The van der Waals surface area contributed by atoms with Crippen LogP contribution in [0.3, 0.4) is 0 Å². The van der Waals surface area contributed by atoms with E-state index < -0.39 is 0 Å². The molecular weight excluding hydrogens is 254 g/mol. The maximum atomic E-state index is 12.5. The van der Waals surface area contributed by atoms with Gasteiger partial charge in [0, 0.05) is 36.8 Å². The zero-order chi connectivity index (χ0) is 13.9. The van der Waals surface area contributed by atoms with Gasteiger partial charge in [-0.05, 0) is 19.1 Å². The number of carbonyl (C=O) groups excluding carboxylic acids is 1. The molecule has 2 aromatic rings. The van der Waals surface area contributed by atoms with Gasteiger partial charge in [0.15, 0.2) is 12.2 Å². The summed E-state index contributed by atoms with van der Waals surface area (Å²) in [4.78, 5) is 18.3. The fourth-order valence-electron chi connectivity index (χ4n) is 2.44. The van der Waals surface area contributed by atoms with Crippen LogP contribution in [-0.2, 0) is 0 Å². The molecule has 1 aliphatic rings. The predicted molar refractivity (Wildman–Crippen MR) is 75.3 cm³/mol. The van der Waals surface area contributed by atoms with E-state index in [0.717, 1.165) is 25.2 Å². The monoisotopic (exact) mass is 271 g/mol. The molecule has 0 saturated carbocycles. The zero-order valence-electron chi connectivity index (χ0n) is 11.4. The lowest BCUT2D eigenvalue weighted by Crippen LogP contribution is -2.52. The fraction of sp³-hybridized carbons (Fsp3) is 0.333. The van der Waals surface area contributed by atoms with Crippen molar-refractivity contribution in [1.29, 1.82) is 0 Å². The highest BCUT2D eigenvalue weighted by atomic mass is 16.3. The van der Waals surface area contributed by atoms with Crippen LogP contribution in [-0.4, -0.2) is 41.5 Å². The van der Waals surface area contributed by atoms with Crippen molar-refractivity contribution in [2.75, 3.05) is 19.6 Å². The van der Waals surface area contributed by atoms with Crippen LogP contribution in [0, 0.1) is 0 Å². The number of carbonyl (C=O) groups is 1. The Balaban J connectivity index is 1.78. The lowest BCUT2D eigenvalue weighted by atomic mass is 10.1. The van der Waals surface area contributed by atoms with E-state index in [1.807, 2.05) is 29.2 Å². The fourth-order valence-corrected chi connectivity index (χ4v) is 2.44. The van der Waals surface area contributed by atoms with Gasteiger partial charge < -0.3 is 14.6 Å². The lowest BCUT2D eigenvalue weighted by Gasteiger charge is -2.34. The number of nitrogens with one attached hydrogen (secondary N) is 1. The Morgan fingerprint density at radius 3 is 2.85 bits per heavy atom. The van der Waals surface area contributed by atoms with E-state index in [-0.39, 0.29) is 11.9 Å². The highest BCUT2D eigenvalue weighted by molar-refractivity contribution is 5.95. The second-order valence-electron chi connectivity index (χ2n) is 4.99. The molecule has 0 unspecified atom stereocenters. The average molecular weight is 271 g/mol. The van der Waals surface area contributed by atoms with Gasteiger partial charge in [0.05, 0.1) is 6.20 Å². The molecule has 2 heterocycles. The van der Waals surface area contributed by atoms with Crippen LogP contribution in [0.1, 0.15) is 17.3 Å². The second-order valence-corrected chi connectivity index (χ2v) is 4.99. The third kappa shape index (κ3) is 2.44. The number of piperazine rings is 1. The van der Waals surface area contributed by atoms with Gasteiger partial charge in [0.1, 0.15) is 0 Å². The molecule has 0 bridgehead atoms.